The first-order valence-electron chi connectivity index (χ1n) is 7.93. The summed E-state index contributed by atoms with van der Waals surface area (Å²) in [6.07, 6.45) is 2.17. The number of carbonyl (C=O) groups is 2. The van der Waals surface area contributed by atoms with E-state index < -0.39 is 5.97 Å². The third kappa shape index (κ3) is 3.83. The number of nitrogens with two attached hydrogens (primary N) is 1. The average Bonchev–Trinajstić information content (AvgIpc) is 3.30. The van der Waals surface area contributed by atoms with Crippen LogP contribution in [0, 0.1) is 11.3 Å². The molecule has 1 saturated heterocycles. The molecule has 136 valence electrons. The molecule has 0 saturated carbocycles. The Hall–Kier alpha value is -2.94. The lowest BCUT2D eigenvalue weighted by molar-refractivity contribution is -0.144. The maximum Gasteiger partial charge on any atom is 0.355 e. The zero-order chi connectivity index (χ0) is 18.7. The summed E-state index contributed by atoms with van der Waals surface area (Å²) in [4.78, 5) is 30.5. The normalized spacial score (nSPS) is 16.3. The highest BCUT2D eigenvalue weighted by Crippen LogP contribution is 2.29. The highest BCUT2D eigenvalue weighted by Gasteiger charge is 2.30. The number of nitrogen functional groups attached to an aromatic ring is 1. The van der Waals surface area contributed by atoms with Crippen molar-refractivity contribution in [2.75, 3.05) is 25.1 Å². The van der Waals surface area contributed by atoms with Gasteiger partial charge in [-0.1, -0.05) is 11.3 Å². The van der Waals surface area contributed by atoms with Crippen molar-refractivity contribution >= 4 is 34.2 Å². The number of methoxy groups -OCH3 is 1. The Labute approximate surface area is 154 Å². The number of nitrogens with one attached hydrogen (secondary N) is 1. The molecule has 1 unspecified atom stereocenters. The van der Waals surface area contributed by atoms with E-state index in [1.807, 2.05) is 4.90 Å². The van der Waals surface area contributed by atoms with Gasteiger partial charge in [0.15, 0.2) is 5.13 Å². The topological polar surface area (TPSA) is 119 Å². The molecule has 2 aromatic rings. The molecule has 3 N–H and O–H groups in total. The van der Waals surface area contributed by atoms with Crippen LogP contribution in [0.1, 0.15) is 21.7 Å². The van der Waals surface area contributed by atoms with E-state index in [9.17, 15) is 9.59 Å². The van der Waals surface area contributed by atoms with Crippen LogP contribution in [0.25, 0.3) is 0 Å². The van der Waals surface area contributed by atoms with Crippen molar-refractivity contribution in [1.82, 2.24) is 4.98 Å². The smallest absolute Gasteiger partial charge is 0.355 e. The second-order valence-electron chi connectivity index (χ2n) is 5.79. The van der Waals surface area contributed by atoms with Gasteiger partial charge in [0.2, 0.25) is 0 Å². The Morgan fingerprint density at radius 3 is 2.73 bits per heavy atom. The average molecular weight is 374 g/mol. The zero-order valence-electron chi connectivity index (χ0n) is 14.1. The van der Waals surface area contributed by atoms with E-state index in [2.05, 4.69) is 4.98 Å². The SMILES string of the molecule is COC(=O)C1CCN(c2ncc(C(=O)Oc3ccc(C(=N)N)cc3)s2)C1. The molecule has 1 aromatic heterocycles. The molecule has 26 heavy (non-hydrogen) atoms. The first-order valence-corrected chi connectivity index (χ1v) is 8.75. The number of ether oxygens (including phenoxy) is 2. The van der Waals surface area contributed by atoms with Gasteiger partial charge in [-0.05, 0) is 30.7 Å². The lowest BCUT2D eigenvalue weighted by Crippen LogP contribution is -2.23. The van der Waals surface area contributed by atoms with Crippen molar-refractivity contribution in [2.45, 2.75) is 6.42 Å². The minimum atomic E-state index is -0.506. The molecule has 3 rings (SSSR count). The van der Waals surface area contributed by atoms with Crippen LogP contribution in [0.4, 0.5) is 5.13 Å². The summed E-state index contributed by atoms with van der Waals surface area (Å²) in [5.41, 5.74) is 5.95. The Bertz CT molecular complexity index is 834. The monoisotopic (exact) mass is 374 g/mol. The molecule has 0 spiro atoms. The second-order valence-corrected chi connectivity index (χ2v) is 6.80. The first-order chi connectivity index (χ1) is 12.5. The first kappa shape index (κ1) is 17.9. The van der Waals surface area contributed by atoms with Crippen molar-refractivity contribution in [3.63, 3.8) is 0 Å². The number of nitrogens with zero attached hydrogens (tertiary/aromatic N) is 2. The second kappa shape index (κ2) is 7.52. The van der Waals surface area contributed by atoms with E-state index in [1.54, 1.807) is 24.3 Å². The van der Waals surface area contributed by atoms with Gasteiger partial charge in [0.25, 0.3) is 0 Å². The van der Waals surface area contributed by atoms with Crippen molar-refractivity contribution in [3.05, 3.63) is 40.9 Å². The van der Waals surface area contributed by atoms with Gasteiger partial charge < -0.3 is 20.1 Å². The van der Waals surface area contributed by atoms with Gasteiger partial charge >= 0.3 is 11.9 Å². The van der Waals surface area contributed by atoms with Crippen molar-refractivity contribution < 1.29 is 19.1 Å². The van der Waals surface area contributed by atoms with Gasteiger partial charge in [0.05, 0.1) is 19.2 Å². The molecule has 1 aliphatic rings. The zero-order valence-corrected chi connectivity index (χ0v) is 14.9. The van der Waals surface area contributed by atoms with E-state index in [-0.39, 0.29) is 17.7 Å². The summed E-state index contributed by atoms with van der Waals surface area (Å²) in [5, 5.41) is 8.03. The van der Waals surface area contributed by atoms with Crippen LogP contribution < -0.4 is 15.4 Å². The predicted octanol–water partition coefficient (Wildman–Crippen LogP) is 1.65. The predicted molar refractivity (Wildman–Crippen MR) is 96.9 cm³/mol. The Kier molecular flexibility index (Phi) is 5.17. The summed E-state index contributed by atoms with van der Waals surface area (Å²) in [6, 6.07) is 6.39. The van der Waals surface area contributed by atoms with Crippen LogP contribution in [-0.4, -0.2) is 43.0 Å². The summed E-state index contributed by atoms with van der Waals surface area (Å²) >= 11 is 1.22. The molecule has 1 fully saturated rings. The van der Waals surface area contributed by atoms with E-state index in [4.69, 9.17) is 20.6 Å². The third-order valence-corrected chi connectivity index (χ3v) is 5.10. The van der Waals surface area contributed by atoms with Crippen LogP contribution >= 0.6 is 11.3 Å². The van der Waals surface area contributed by atoms with Crippen molar-refractivity contribution in [3.8, 4) is 5.75 Å². The van der Waals surface area contributed by atoms with E-state index >= 15 is 0 Å². The van der Waals surface area contributed by atoms with E-state index in [1.165, 1.54) is 24.6 Å². The molecule has 0 bridgehead atoms. The third-order valence-electron chi connectivity index (χ3n) is 4.06. The van der Waals surface area contributed by atoms with Gasteiger partial charge in [-0.25, -0.2) is 9.78 Å². The quantitative estimate of drug-likeness (QED) is 0.353. The lowest BCUT2D eigenvalue weighted by atomic mass is 10.1. The molecular weight excluding hydrogens is 356 g/mol. The molecule has 8 nitrogen and oxygen atoms in total. The fraction of sp³-hybridized carbons (Fsp3) is 0.294. The van der Waals surface area contributed by atoms with Gasteiger partial charge in [0.1, 0.15) is 16.5 Å². The van der Waals surface area contributed by atoms with Crippen LogP contribution in [0.3, 0.4) is 0 Å². The molecule has 9 heteroatoms. The lowest BCUT2D eigenvalue weighted by Gasteiger charge is -2.13. The Morgan fingerprint density at radius 1 is 1.35 bits per heavy atom. The maximum atomic E-state index is 12.3. The summed E-state index contributed by atoms with van der Waals surface area (Å²) in [6.45, 7) is 1.22. The number of hydrogen-bond donors (Lipinski definition) is 2. The number of rotatable bonds is 5. The summed E-state index contributed by atoms with van der Waals surface area (Å²) in [5.74, 6) is -0.586. The van der Waals surface area contributed by atoms with Crippen LogP contribution in [0.5, 0.6) is 5.75 Å². The molecule has 0 aliphatic carbocycles. The van der Waals surface area contributed by atoms with E-state index in [0.717, 1.165) is 0 Å². The number of esters is 2. The Balaban J connectivity index is 1.63. The van der Waals surface area contributed by atoms with Crippen LogP contribution in [0.2, 0.25) is 0 Å². The number of anilines is 1. The van der Waals surface area contributed by atoms with Gasteiger partial charge in [0, 0.05) is 18.7 Å². The van der Waals surface area contributed by atoms with E-state index in [0.29, 0.717) is 40.8 Å². The highest BCUT2D eigenvalue weighted by atomic mass is 32.1. The number of thiazole rings is 1. The number of aromatic nitrogens is 1. The molecule has 2 heterocycles. The minimum Gasteiger partial charge on any atom is -0.469 e. The minimum absolute atomic E-state index is 0.0501. The maximum absolute atomic E-state index is 12.3. The van der Waals surface area contributed by atoms with Crippen molar-refractivity contribution in [2.24, 2.45) is 11.7 Å². The highest BCUT2D eigenvalue weighted by molar-refractivity contribution is 7.17. The largest absolute Gasteiger partial charge is 0.469 e. The fourth-order valence-corrected chi connectivity index (χ4v) is 3.49. The van der Waals surface area contributed by atoms with Crippen LogP contribution in [-0.2, 0) is 9.53 Å². The number of benzene rings is 1. The van der Waals surface area contributed by atoms with Gasteiger partial charge in [-0.3, -0.25) is 10.2 Å². The summed E-state index contributed by atoms with van der Waals surface area (Å²) in [7, 11) is 1.38. The fourth-order valence-electron chi connectivity index (χ4n) is 2.66. The standard InChI is InChI=1S/C17H18N4O4S/c1-24-15(22)11-6-7-21(9-11)17-20-8-13(26-17)16(23)25-12-4-2-10(3-5-12)14(18)19/h2-5,8,11H,6-7,9H2,1H3,(H3,18,19). The van der Waals surface area contributed by atoms with Crippen molar-refractivity contribution in [1.29, 1.82) is 5.41 Å². The van der Waals surface area contributed by atoms with Crippen LogP contribution in [0.15, 0.2) is 30.5 Å². The summed E-state index contributed by atoms with van der Waals surface area (Å²) < 4.78 is 10.1. The molecule has 0 amide bonds. The molecule has 1 aliphatic heterocycles. The van der Waals surface area contributed by atoms with Gasteiger partial charge in [-0.15, -0.1) is 0 Å². The molecule has 1 atom stereocenters. The number of carbonyl (C=O) groups excluding carboxylic acids is 2. The molecular formula is C17H18N4O4S. The molecule has 0 radical (unpaired) electrons. The number of hydrogen-bond acceptors (Lipinski definition) is 8. The van der Waals surface area contributed by atoms with Gasteiger partial charge in [-0.2, -0.15) is 0 Å². The molecule has 1 aromatic carbocycles. The number of amidine groups is 1. The Morgan fingerprint density at radius 2 is 2.08 bits per heavy atom.